The van der Waals surface area contributed by atoms with Crippen LogP contribution in [0.25, 0.3) is 0 Å². The number of hydrogen-bond donors (Lipinski definition) is 1. The smallest absolute Gasteiger partial charge is 0.0210 e. The minimum atomic E-state index is 0.671. The molecule has 86 valence electrons. The molecule has 0 aliphatic heterocycles. The molecule has 0 saturated carbocycles. The largest absolute Gasteiger partial charge is 0.310 e. The van der Waals surface area contributed by atoms with E-state index in [1.165, 1.54) is 36.0 Å². The fourth-order valence-corrected chi connectivity index (χ4v) is 2.24. The molecule has 1 nitrogen and oxygen atoms in total. The highest BCUT2D eigenvalue weighted by atomic mass is 14.9. The highest BCUT2D eigenvalue weighted by molar-refractivity contribution is 5.32. The van der Waals surface area contributed by atoms with E-state index < -0.39 is 0 Å². The van der Waals surface area contributed by atoms with Crippen LogP contribution in [0.4, 0.5) is 0 Å². The summed E-state index contributed by atoms with van der Waals surface area (Å²) in [6, 6.07) is 7.24. The average Bonchev–Trinajstić information content (AvgIpc) is 2.32. The fourth-order valence-electron chi connectivity index (χ4n) is 2.24. The van der Waals surface area contributed by atoms with E-state index >= 15 is 0 Å². The number of allylic oxidation sites excluding steroid dienone is 1. The first-order chi connectivity index (χ1) is 7.77. The predicted octanol–water partition coefficient (Wildman–Crippen LogP) is 3.50. The highest BCUT2D eigenvalue weighted by Crippen LogP contribution is 2.15. The third kappa shape index (κ3) is 2.73. The monoisotopic (exact) mass is 215 g/mol. The van der Waals surface area contributed by atoms with Gasteiger partial charge < -0.3 is 5.32 Å². The molecule has 1 aliphatic carbocycles. The first-order valence-corrected chi connectivity index (χ1v) is 6.21. The van der Waals surface area contributed by atoms with Gasteiger partial charge in [-0.25, -0.2) is 0 Å². The summed E-state index contributed by atoms with van der Waals surface area (Å²) < 4.78 is 0. The topological polar surface area (TPSA) is 12.0 Å². The van der Waals surface area contributed by atoms with Gasteiger partial charge >= 0.3 is 0 Å². The molecule has 1 aromatic rings. The van der Waals surface area contributed by atoms with Gasteiger partial charge in [-0.15, -0.1) is 0 Å². The van der Waals surface area contributed by atoms with Gasteiger partial charge in [0, 0.05) is 12.6 Å². The van der Waals surface area contributed by atoms with E-state index in [-0.39, 0.29) is 0 Å². The van der Waals surface area contributed by atoms with Gasteiger partial charge in [0.05, 0.1) is 0 Å². The van der Waals surface area contributed by atoms with Crippen LogP contribution in [0.2, 0.25) is 0 Å². The summed E-state index contributed by atoms with van der Waals surface area (Å²) in [6.45, 7) is 5.40. The second-order valence-corrected chi connectivity index (χ2v) is 4.72. The number of rotatable bonds is 3. The molecular weight excluding hydrogens is 194 g/mol. The number of hydrogen-bond acceptors (Lipinski definition) is 1. The minimum Gasteiger partial charge on any atom is -0.310 e. The second kappa shape index (κ2) is 5.31. The van der Waals surface area contributed by atoms with E-state index in [0.717, 1.165) is 6.54 Å². The van der Waals surface area contributed by atoms with Crippen molar-refractivity contribution in [1.29, 1.82) is 0 Å². The van der Waals surface area contributed by atoms with Crippen molar-refractivity contribution in [3.8, 4) is 0 Å². The molecule has 0 bridgehead atoms. The Bertz CT molecular complexity index is 379. The van der Waals surface area contributed by atoms with Gasteiger partial charge in [0.2, 0.25) is 0 Å². The van der Waals surface area contributed by atoms with E-state index in [1.54, 1.807) is 0 Å². The number of aryl methyl sites for hydroxylation is 1. The number of nitrogens with one attached hydrogen (secondary N) is 1. The Hall–Kier alpha value is -1.08. The molecule has 1 unspecified atom stereocenters. The van der Waals surface area contributed by atoms with Gasteiger partial charge in [0.25, 0.3) is 0 Å². The first-order valence-electron chi connectivity index (χ1n) is 6.21. The summed E-state index contributed by atoms with van der Waals surface area (Å²) in [5.74, 6) is 0. The van der Waals surface area contributed by atoms with Crippen molar-refractivity contribution in [2.24, 2.45) is 0 Å². The molecule has 16 heavy (non-hydrogen) atoms. The lowest BCUT2D eigenvalue weighted by Gasteiger charge is -2.20. The van der Waals surface area contributed by atoms with E-state index in [1.807, 2.05) is 0 Å². The van der Waals surface area contributed by atoms with E-state index in [4.69, 9.17) is 0 Å². The normalized spacial score (nSPS) is 20.0. The lowest BCUT2D eigenvalue weighted by molar-refractivity contribution is 0.474. The van der Waals surface area contributed by atoms with Crippen molar-refractivity contribution in [3.63, 3.8) is 0 Å². The van der Waals surface area contributed by atoms with Gasteiger partial charge in [-0.1, -0.05) is 30.4 Å². The number of benzene rings is 1. The van der Waals surface area contributed by atoms with Crippen LogP contribution in [-0.2, 0) is 6.54 Å². The zero-order valence-electron chi connectivity index (χ0n) is 10.3. The molecule has 0 heterocycles. The van der Waals surface area contributed by atoms with E-state index in [0.29, 0.717) is 6.04 Å². The minimum absolute atomic E-state index is 0.671. The Morgan fingerprint density at radius 1 is 1.25 bits per heavy atom. The summed E-state index contributed by atoms with van der Waals surface area (Å²) in [6.07, 6.45) is 8.27. The van der Waals surface area contributed by atoms with Crippen molar-refractivity contribution in [1.82, 2.24) is 5.32 Å². The third-order valence-electron chi connectivity index (χ3n) is 3.57. The maximum Gasteiger partial charge on any atom is 0.0210 e. The highest BCUT2D eigenvalue weighted by Gasteiger charge is 2.09. The van der Waals surface area contributed by atoms with Gasteiger partial charge in [0.15, 0.2) is 0 Å². The molecule has 1 aliphatic rings. The second-order valence-electron chi connectivity index (χ2n) is 4.72. The maximum absolute atomic E-state index is 3.65. The molecule has 0 aromatic heterocycles. The molecule has 0 amide bonds. The van der Waals surface area contributed by atoms with E-state index in [9.17, 15) is 0 Å². The molecule has 0 saturated heterocycles. The third-order valence-corrected chi connectivity index (χ3v) is 3.57. The average molecular weight is 215 g/mol. The summed E-state index contributed by atoms with van der Waals surface area (Å²) in [7, 11) is 0. The molecule has 0 spiro atoms. The van der Waals surface area contributed by atoms with Crippen LogP contribution >= 0.6 is 0 Å². The Morgan fingerprint density at radius 2 is 2.12 bits per heavy atom. The molecule has 2 rings (SSSR count). The SMILES string of the molecule is Cc1cccc(CNC2CC=CCC2)c1C. The van der Waals surface area contributed by atoms with Crippen molar-refractivity contribution < 1.29 is 0 Å². The molecule has 1 N–H and O–H groups in total. The standard InChI is InChI=1S/C15H21N/c1-12-7-6-8-14(13(12)2)11-16-15-9-4-3-5-10-15/h3-4,6-8,15-16H,5,9-11H2,1-2H3. The lowest BCUT2D eigenvalue weighted by Crippen LogP contribution is -2.29. The Labute approximate surface area is 98.6 Å². The van der Waals surface area contributed by atoms with Crippen molar-refractivity contribution >= 4 is 0 Å². The van der Waals surface area contributed by atoms with Crippen LogP contribution in [-0.4, -0.2) is 6.04 Å². The van der Waals surface area contributed by atoms with Gasteiger partial charge in [0.1, 0.15) is 0 Å². The van der Waals surface area contributed by atoms with Gasteiger partial charge in [-0.05, 0) is 49.8 Å². The summed E-state index contributed by atoms with van der Waals surface area (Å²) >= 11 is 0. The molecule has 1 heteroatoms. The molecule has 0 radical (unpaired) electrons. The summed E-state index contributed by atoms with van der Waals surface area (Å²) in [5, 5.41) is 3.65. The van der Waals surface area contributed by atoms with Crippen LogP contribution < -0.4 is 5.32 Å². The Balaban J connectivity index is 1.94. The predicted molar refractivity (Wildman–Crippen MR) is 69.5 cm³/mol. The van der Waals surface area contributed by atoms with Crippen LogP contribution in [0.3, 0.4) is 0 Å². The van der Waals surface area contributed by atoms with Crippen LogP contribution in [0.5, 0.6) is 0 Å². The van der Waals surface area contributed by atoms with Crippen molar-refractivity contribution in [2.45, 2.75) is 45.7 Å². The molecule has 0 fully saturated rings. The van der Waals surface area contributed by atoms with Gasteiger partial charge in [-0.2, -0.15) is 0 Å². The Morgan fingerprint density at radius 3 is 2.88 bits per heavy atom. The zero-order chi connectivity index (χ0) is 11.4. The molecule has 1 aromatic carbocycles. The maximum atomic E-state index is 3.65. The quantitative estimate of drug-likeness (QED) is 0.761. The van der Waals surface area contributed by atoms with Crippen LogP contribution in [0, 0.1) is 13.8 Å². The van der Waals surface area contributed by atoms with Crippen LogP contribution in [0.1, 0.15) is 36.0 Å². The van der Waals surface area contributed by atoms with Crippen LogP contribution in [0.15, 0.2) is 30.4 Å². The summed E-state index contributed by atoms with van der Waals surface area (Å²) in [5.41, 5.74) is 4.26. The Kier molecular flexibility index (Phi) is 3.79. The van der Waals surface area contributed by atoms with Crippen molar-refractivity contribution in [2.75, 3.05) is 0 Å². The van der Waals surface area contributed by atoms with Gasteiger partial charge in [-0.3, -0.25) is 0 Å². The lowest BCUT2D eigenvalue weighted by atomic mass is 10.00. The zero-order valence-corrected chi connectivity index (χ0v) is 10.3. The fraction of sp³-hybridized carbons (Fsp3) is 0.467. The van der Waals surface area contributed by atoms with E-state index in [2.05, 4.69) is 49.5 Å². The summed E-state index contributed by atoms with van der Waals surface area (Å²) in [4.78, 5) is 0. The molecule has 1 atom stereocenters. The molecular formula is C15H21N. The first kappa shape index (κ1) is 11.4. The van der Waals surface area contributed by atoms with Crippen molar-refractivity contribution in [3.05, 3.63) is 47.0 Å².